The van der Waals surface area contributed by atoms with E-state index in [1.165, 1.54) is 49.6 Å². The minimum atomic E-state index is -3.82. The number of benzene rings is 3. The summed E-state index contributed by atoms with van der Waals surface area (Å²) in [5.41, 5.74) is 0.0655. The third-order valence-electron chi connectivity index (χ3n) is 4.16. The van der Waals surface area contributed by atoms with Crippen molar-refractivity contribution in [2.45, 2.75) is 4.90 Å². The van der Waals surface area contributed by atoms with Crippen molar-refractivity contribution in [2.75, 3.05) is 17.1 Å². The number of sulfonamides is 1. The number of halogens is 1. The molecule has 0 bridgehead atoms. The van der Waals surface area contributed by atoms with Crippen LogP contribution in [0.2, 0.25) is 5.02 Å². The number of hydrogen-bond acceptors (Lipinski definition) is 6. The minimum absolute atomic E-state index is 0.0184. The fourth-order valence-corrected chi connectivity index (χ4v) is 4.01. The Bertz CT molecular complexity index is 1250. The molecule has 0 aliphatic rings. The molecule has 0 atom stereocenters. The lowest BCUT2D eigenvalue weighted by molar-refractivity contribution is -0.384. The van der Waals surface area contributed by atoms with E-state index >= 15 is 0 Å². The van der Waals surface area contributed by atoms with Gasteiger partial charge < -0.3 is 10.1 Å². The van der Waals surface area contributed by atoms with Gasteiger partial charge >= 0.3 is 0 Å². The summed E-state index contributed by atoms with van der Waals surface area (Å²) in [5.74, 6) is -0.427. The topological polar surface area (TPSA) is 128 Å². The van der Waals surface area contributed by atoms with Gasteiger partial charge in [0.1, 0.15) is 5.75 Å². The number of anilines is 2. The number of carbonyl (C=O) groups is 1. The van der Waals surface area contributed by atoms with E-state index in [1.54, 1.807) is 18.2 Å². The van der Waals surface area contributed by atoms with Crippen LogP contribution in [-0.2, 0) is 10.0 Å². The molecule has 0 aromatic heterocycles. The van der Waals surface area contributed by atoms with E-state index in [2.05, 4.69) is 10.0 Å². The summed E-state index contributed by atoms with van der Waals surface area (Å²) in [7, 11) is -2.46. The Labute approximate surface area is 182 Å². The molecule has 0 aliphatic heterocycles. The second-order valence-corrected chi connectivity index (χ2v) is 8.30. The van der Waals surface area contributed by atoms with Gasteiger partial charge in [-0.1, -0.05) is 29.8 Å². The number of nitrogens with zero attached hydrogens (tertiary/aromatic N) is 1. The van der Waals surface area contributed by atoms with Gasteiger partial charge in [0.25, 0.3) is 21.6 Å². The van der Waals surface area contributed by atoms with Crippen molar-refractivity contribution in [3.63, 3.8) is 0 Å². The monoisotopic (exact) mass is 461 g/mol. The van der Waals surface area contributed by atoms with Crippen LogP contribution in [-0.4, -0.2) is 26.4 Å². The van der Waals surface area contributed by atoms with Crippen LogP contribution in [0.3, 0.4) is 0 Å². The van der Waals surface area contributed by atoms with Gasteiger partial charge in [-0.2, -0.15) is 0 Å². The largest absolute Gasteiger partial charge is 0.495 e. The average molecular weight is 462 g/mol. The Kier molecular flexibility index (Phi) is 6.42. The van der Waals surface area contributed by atoms with Crippen molar-refractivity contribution in [3.05, 3.63) is 87.4 Å². The maximum absolute atomic E-state index is 12.6. The number of hydrogen-bond donors (Lipinski definition) is 2. The molecule has 3 aromatic carbocycles. The number of carbonyl (C=O) groups excluding carboxylic acids is 1. The van der Waals surface area contributed by atoms with Crippen LogP contribution < -0.4 is 14.8 Å². The molecule has 0 aliphatic carbocycles. The maximum atomic E-state index is 12.6. The predicted molar refractivity (Wildman–Crippen MR) is 116 cm³/mol. The highest BCUT2D eigenvalue weighted by Gasteiger charge is 2.18. The second kappa shape index (κ2) is 9.02. The van der Waals surface area contributed by atoms with E-state index in [9.17, 15) is 23.3 Å². The number of rotatable bonds is 7. The van der Waals surface area contributed by atoms with E-state index in [-0.39, 0.29) is 38.3 Å². The quantitative estimate of drug-likeness (QED) is 0.398. The van der Waals surface area contributed by atoms with Gasteiger partial charge in [-0.05, 0) is 36.4 Å². The number of ether oxygens (including phenoxy) is 1. The first kappa shape index (κ1) is 22.1. The van der Waals surface area contributed by atoms with Crippen LogP contribution in [0, 0.1) is 10.1 Å². The summed E-state index contributed by atoms with van der Waals surface area (Å²) < 4.78 is 32.4. The Morgan fingerprint density at radius 3 is 2.39 bits per heavy atom. The molecule has 3 rings (SSSR count). The first-order chi connectivity index (χ1) is 14.7. The van der Waals surface area contributed by atoms with Gasteiger partial charge in [0.05, 0.1) is 38.9 Å². The van der Waals surface area contributed by atoms with Crippen LogP contribution in [0.5, 0.6) is 5.75 Å². The van der Waals surface area contributed by atoms with Crippen molar-refractivity contribution >= 4 is 44.6 Å². The third kappa shape index (κ3) is 5.11. The molecule has 1 amide bonds. The van der Waals surface area contributed by atoms with Gasteiger partial charge in [-0.15, -0.1) is 0 Å². The van der Waals surface area contributed by atoms with E-state index in [1.807, 2.05) is 0 Å². The molecule has 0 spiro atoms. The molecule has 0 heterocycles. The highest BCUT2D eigenvalue weighted by molar-refractivity contribution is 7.92. The van der Waals surface area contributed by atoms with E-state index < -0.39 is 20.9 Å². The Morgan fingerprint density at radius 1 is 1.06 bits per heavy atom. The van der Waals surface area contributed by atoms with E-state index in [0.29, 0.717) is 0 Å². The van der Waals surface area contributed by atoms with Crippen molar-refractivity contribution in [2.24, 2.45) is 0 Å². The van der Waals surface area contributed by atoms with Crippen molar-refractivity contribution in [3.8, 4) is 5.75 Å². The van der Waals surface area contributed by atoms with Gasteiger partial charge in [0.15, 0.2) is 0 Å². The van der Waals surface area contributed by atoms with Crippen molar-refractivity contribution in [1.29, 1.82) is 0 Å². The number of nitrogens with one attached hydrogen (secondary N) is 2. The summed E-state index contributed by atoms with van der Waals surface area (Å²) in [6, 6.07) is 15.5. The second-order valence-electron chi connectivity index (χ2n) is 6.21. The number of methoxy groups -OCH3 is 1. The number of non-ortho nitro benzene ring substituents is 1. The molecule has 160 valence electrons. The van der Waals surface area contributed by atoms with Crippen molar-refractivity contribution in [1.82, 2.24) is 0 Å². The van der Waals surface area contributed by atoms with Crippen LogP contribution in [0.4, 0.5) is 17.1 Å². The lowest BCUT2D eigenvalue weighted by Gasteiger charge is -2.12. The van der Waals surface area contributed by atoms with Crippen LogP contribution in [0.25, 0.3) is 0 Å². The van der Waals surface area contributed by atoms with Gasteiger partial charge in [0.2, 0.25) is 0 Å². The fourth-order valence-electron chi connectivity index (χ4n) is 2.67. The Balaban J connectivity index is 1.83. The lowest BCUT2D eigenvalue weighted by Crippen LogP contribution is -2.15. The first-order valence-corrected chi connectivity index (χ1v) is 10.6. The normalized spacial score (nSPS) is 10.9. The highest BCUT2D eigenvalue weighted by atomic mass is 35.5. The molecule has 0 radical (unpaired) electrons. The smallest absolute Gasteiger partial charge is 0.271 e. The van der Waals surface area contributed by atoms with E-state index in [4.69, 9.17) is 16.3 Å². The fraction of sp³-hybridized carbons (Fsp3) is 0.0500. The molecule has 0 unspecified atom stereocenters. The SMILES string of the molecule is COc1ccc([N+](=O)[O-])cc1NC(=O)c1ccc(NS(=O)(=O)c2ccccc2)cc1Cl. The van der Waals surface area contributed by atoms with Crippen LogP contribution in [0.1, 0.15) is 10.4 Å². The van der Waals surface area contributed by atoms with Gasteiger partial charge in [-0.3, -0.25) is 19.6 Å². The molecule has 31 heavy (non-hydrogen) atoms. The summed E-state index contributed by atoms with van der Waals surface area (Å²) in [5, 5.41) is 13.5. The summed E-state index contributed by atoms with van der Waals surface area (Å²) in [6.07, 6.45) is 0. The zero-order valence-electron chi connectivity index (χ0n) is 16.0. The van der Waals surface area contributed by atoms with Crippen LogP contribution >= 0.6 is 11.6 Å². The highest BCUT2D eigenvalue weighted by Crippen LogP contribution is 2.30. The number of nitro groups is 1. The lowest BCUT2D eigenvalue weighted by atomic mass is 10.2. The number of amides is 1. The minimum Gasteiger partial charge on any atom is -0.495 e. The predicted octanol–water partition coefficient (Wildman–Crippen LogP) is 4.31. The Morgan fingerprint density at radius 2 is 1.77 bits per heavy atom. The average Bonchev–Trinajstić information content (AvgIpc) is 2.74. The summed E-state index contributed by atoms with van der Waals surface area (Å²) in [6.45, 7) is 0. The molecule has 3 aromatic rings. The number of nitro benzene ring substituents is 1. The molecule has 9 nitrogen and oxygen atoms in total. The first-order valence-electron chi connectivity index (χ1n) is 8.72. The standard InChI is InChI=1S/C20H16ClN3O6S/c1-30-19-10-8-14(24(26)27)12-18(19)22-20(25)16-9-7-13(11-17(16)21)23-31(28,29)15-5-3-2-4-6-15/h2-12,23H,1H3,(H,22,25). The van der Waals surface area contributed by atoms with Crippen molar-refractivity contribution < 1.29 is 22.9 Å². The molecular formula is C20H16ClN3O6S. The molecule has 0 saturated heterocycles. The molecular weight excluding hydrogens is 446 g/mol. The zero-order valence-corrected chi connectivity index (χ0v) is 17.6. The summed E-state index contributed by atoms with van der Waals surface area (Å²) in [4.78, 5) is 23.1. The molecule has 2 N–H and O–H groups in total. The molecule has 11 heteroatoms. The molecule has 0 saturated carbocycles. The van der Waals surface area contributed by atoms with Gasteiger partial charge in [-0.25, -0.2) is 8.42 Å². The maximum Gasteiger partial charge on any atom is 0.271 e. The van der Waals surface area contributed by atoms with E-state index in [0.717, 1.165) is 6.07 Å². The zero-order chi connectivity index (χ0) is 22.6. The summed E-state index contributed by atoms with van der Waals surface area (Å²) >= 11 is 6.19. The third-order valence-corrected chi connectivity index (χ3v) is 5.87. The van der Waals surface area contributed by atoms with Gasteiger partial charge in [0, 0.05) is 12.1 Å². The Hall–Kier alpha value is -3.63. The van der Waals surface area contributed by atoms with Crippen LogP contribution in [0.15, 0.2) is 71.6 Å². The molecule has 0 fully saturated rings.